The lowest BCUT2D eigenvalue weighted by atomic mass is 10.1. The van der Waals surface area contributed by atoms with E-state index >= 15 is 0 Å². The van der Waals surface area contributed by atoms with Crippen molar-refractivity contribution >= 4 is 11.8 Å². The van der Waals surface area contributed by atoms with Crippen LogP contribution in [0, 0.1) is 12.3 Å². The Balaban J connectivity index is 1.93. The number of thioether (sulfide) groups is 1. The molecule has 0 saturated heterocycles. The minimum atomic E-state index is 0.327. The first-order valence-electron chi connectivity index (χ1n) is 6.75. The Bertz CT molecular complexity index is 441. The van der Waals surface area contributed by atoms with Crippen LogP contribution in [-0.2, 0) is 6.54 Å². The topological polar surface area (TPSA) is 21.3 Å². The van der Waals surface area contributed by atoms with Gasteiger partial charge in [0.15, 0.2) is 0 Å². The van der Waals surface area contributed by atoms with Crippen LogP contribution in [0.1, 0.15) is 24.8 Å². The number of hydrogen-bond acceptors (Lipinski definition) is 3. The van der Waals surface area contributed by atoms with Crippen LogP contribution >= 0.6 is 11.8 Å². The van der Waals surface area contributed by atoms with E-state index in [1.165, 1.54) is 24.8 Å². The van der Waals surface area contributed by atoms with Crippen LogP contribution in [0.4, 0.5) is 0 Å². The molecular weight excluding hydrogens is 254 g/mol. The third kappa shape index (κ3) is 3.92. The molecule has 2 nitrogen and oxygen atoms in total. The van der Waals surface area contributed by atoms with E-state index in [1.54, 1.807) is 0 Å². The van der Waals surface area contributed by atoms with Crippen LogP contribution < -0.4 is 10.1 Å². The van der Waals surface area contributed by atoms with Crippen LogP contribution in [0.2, 0.25) is 0 Å². The van der Waals surface area contributed by atoms with Crippen LogP contribution in [-0.4, -0.2) is 24.2 Å². The number of nitrogens with one attached hydrogen (secondary N) is 1. The highest BCUT2D eigenvalue weighted by atomic mass is 32.2. The summed E-state index contributed by atoms with van der Waals surface area (Å²) in [6.45, 7) is 1.18. The average molecular weight is 275 g/mol. The minimum absolute atomic E-state index is 0.327. The van der Waals surface area contributed by atoms with E-state index in [0.29, 0.717) is 12.6 Å². The number of terminal acetylenes is 1. The van der Waals surface area contributed by atoms with Gasteiger partial charge in [0, 0.05) is 23.4 Å². The molecule has 1 N–H and O–H groups in total. The molecule has 1 aliphatic carbocycles. The molecule has 2 atom stereocenters. The summed E-state index contributed by atoms with van der Waals surface area (Å²) in [5.74, 6) is 3.41. The van der Waals surface area contributed by atoms with E-state index in [-0.39, 0.29) is 0 Å². The maximum absolute atomic E-state index is 5.57. The lowest BCUT2D eigenvalue weighted by molar-refractivity contribution is 0.363. The first kappa shape index (κ1) is 14.3. The molecule has 102 valence electrons. The maximum Gasteiger partial charge on any atom is 0.148 e. The van der Waals surface area contributed by atoms with E-state index in [4.69, 9.17) is 11.2 Å². The average Bonchev–Trinajstić information content (AvgIpc) is 2.91. The van der Waals surface area contributed by atoms with Gasteiger partial charge in [0.2, 0.25) is 0 Å². The molecule has 0 spiro atoms. The molecule has 1 aliphatic rings. The van der Waals surface area contributed by atoms with E-state index in [0.717, 1.165) is 17.5 Å². The second kappa shape index (κ2) is 7.47. The number of rotatable bonds is 6. The van der Waals surface area contributed by atoms with Gasteiger partial charge in [0.25, 0.3) is 0 Å². The smallest absolute Gasteiger partial charge is 0.148 e. The SMILES string of the molecule is C#CCOc1ccccc1CNC1CCCC1SC. The predicted octanol–water partition coefficient (Wildman–Crippen LogP) is 3.07. The van der Waals surface area contributed by atoms with Crippen molar-refractivity contribution in [2.75, 3.05) is 12.9 Å². The highest BCUT2D eigenvalue weighted by molar-refractivity contribution is 7.99. The van der Waals surface area contributed by atoms with Crippen LogP contribution in [0.15, 0.2) is 24.3 Å². The van der Waals surface area contributed by atoms with Gasteiger partial charge in [-0.05, 0) is 25.2 Å². The van der Waals surface area contributed by atoms with E-state index < -0.39 is 0 Å². The Morgan fingerprint density at radius 2 is 2.26 bits per heavy atom. The fourth-order valence-electron chi connectivity index (χ4n) is 2.59. The third-order valence-electron chi connectivity index (χ3n) is 3.59. The molecule has 0 aliphatic heterocycles. The Morgan fingerprint density at radius 3 is 3.05 bits per heavy atom. The normalized spacial score (nSPS) is 22.1. The van der Waals surface area contributed by atoms with Gasteiger partial charge in [-0.3, -0.25) is 0 Å². The van der Waals surface area contributed by atoms with Crippen molar-refractivity contribution < 1.29 is 4.74 Å². The molecule has 3 heteroatoms. The van der Waals surface area contributed by atoms with Gasteiger partial charge >= 0.3 is 0 Å². The van der Waals surface area contributed by atoms with E-state index in [9.17, 15) is 0 Å². The number of para-hydroxylation sites is 1. The zero-order chi connectivity index (χ0) is 13.5. The molecule has 2 unspecified atom stereocenters. The second-order valence-corrected chi connectivity index (χ2v) is 5.87. The Labute approximate surface area is 120 Å². The molecule has 1 fully saturated rings. The van der Waals surface area contributed by atoms with E-state index in [1.807, 2.05) is 30.0 Å². The molecule has 1 aromatic carbocycles. The molecule has 1 aromatic rings. The molecular formula is C16H21NOS. The predicted molar refractivity (Wildman–Crippen MR) is 82.6 cm³/mol. The molecule has 0 radical (unpaired) electrons. The first-order chi connectivity index (χ1) is 9.35. The second-order valence-electron chi connectivity index (χ2n) is 4.79. The van der Waals surface area contributed by atoms with Crippen molar-refractivity contribution in [1.82, 2.24) is 5.32 Å². The highest BCUT2D eigenvalue weighted by Crippen LogP contribution is 2.29. The van der Waals surface area contributed by atoms with Crippen molar-refractivity contribution in [2.45, 2.75) is 37.1 Å². The fourth-order valence-corrected chi connectivity index (χ4v) is 3.56. The number of hydrogen-bond donors (Lipinski definition) is 1. The Morgan fingerprint density at radius 1 is 1.42 bits per heavy atom. The number of benzene rings is 1. The van der Waals surface area contributed by atoms with Crippen LogP contribution in [0.5, 0.6) is 5.75 Å². The quantitative estimate of drug-likeness (QED) is 0.806. The monoisotopic (exact) mass is 275 g/mol. The standard InChI is InChI=1S/C16H21NOS/c1-3-11-18-15-9-5-4-7-13(15)12-17-14-8-6-10-16(14)19-2/h1,4-5,7,9,14,16-17H,6,8,10-12H2,2H3. The van der Waals surface area contributed by atoms with Gasteiger partial charge < -0.3 is 10.1 Å². The van der Waals surface area contributed by atoms with E-state index in [2.05, 4.69) is 23.6 Å². The van der Waals surface area contributed by atoms with Gasteiger partial charge in [-0.1, -0.05) is 30.5 Å². The number of ether oxygens (including phenoxy) is 1. The largest absolute Gasteiger partial charge is 0.481 e. The van der Waals surface area contributed by atoms with Gasteiger partial charge in [-0.25, -0.2) is 0 Å². The summed E-state index contributed by atoms with van der Waals surface area (Å²) in [5.41, 5.74) is 1.18. The first-order valence-corrected chi connectivity index (χ1v) is 8.04. The van der Waals surface area contributed by atoms with Crippen molar-refractivity contribution in [1.29, 1.82) is 0 Å². The molecule has 0 bridgehead atoms. The van der Waals surface area contributed by atoms with Gasteiger partial charge in [0.05, 0.1) is 0 Å². The summed E-state index contributed by atoms with van der Waals surface area (Å²) in [7, 11) is 0. The molecule has 0 heterocycles. The third-order valence-corrected chi connectivity index (χ3v) is 4.76. The summed E-state index contributed by atoms with van der Waals surface area (Å²) >= 11 is 1.97. The Kier molecular flexibility index (Phi) is 5.62. The van der Waals surface area contributed by atoms with Gasteiger partial charge in [-0.2, -0.15) is 11.8 Å². The lowest BCUT2D eigenvalue weighted by Crippen LogP contribution is -2.33. The summed E-state index contributed by atoms with van der Waals surface area (Å²) in [5, 5.41) is 4.41. The van der Waals surface area contributed by atoms with Crippen LogP contribution in [0.3, 0.4) is 0 Å². The van der Waals surface area contributed by atoms with Crippen molar-refractivity contribution in [3.63, 3.8) is 0 Å². The zero-order valence-electron chi connectivity index (χ0n) is 11.4. The van der Waals surface area contributed by atoms with Crippen molar-refractivity contribution in [3.8, 4) is 18.1 Å². The lowest BCUT2D eigenvalue weighted by Gasteiger charge is -2.20. The summed E-state index contributed by atoms with van der Waals surface area (Å²) in [6, 6.07) is 8.73. The molecule has 1 saturated carbocycles. The Hall–Kier alpha value is -1.11. The molecule has 0 aromatic heterocycles. The van der Waals surface area contributed by atoms with Crippen molar-refractivity contribution in [3.05, 3.63) is 29.8 Å². The minimum Gasteiger partial charge on any atom is -0.481 e. The van der Waals surface area contributed by atoms with Gasteiger partial charge in [0.1, 0.15) is 12.4 Å². The summed E-state index contributed by atoms with van der Waals surface area (Å²) in [4.78, 5) is 0. The highest BCUT2D eigenvalue weighted by Gasteiger charge is 2.25. The van der Waals surface area contributed by atoms with Crippen molar-refractivity contribution in [2.24, 2.45) is 0 Å². The molecule has 19 heavy (non-hydrogen) atoms. The summed E-state index contributed by atoms with van der Waals surface area (Å²) < 4.78 is 5.57. The fraction of sp³-hybridized carbons (Fsp3) is 0.500. The molecule has 0 amide bonds. The zero-order valence-corrected chi connectivity index (χ0v) is 12.2. The maximum atomic E-state index is 5.57. The van der Waals surface area contributed by atoms with Gasteiger partial charge in [-0.15, -0.1) is 6.42 Å². The van der Waals surface area contributed by atoms with Crippen LogP contribution in [0.25, 0.3) is 0 Å². The summed E-state index contributed by atoms with van der Waals surface area (Å²) in [6.07, 6.45) is 11.4. The molecule has 2 rings (SSSR count).